The minimum absolute atomic E-state index is 0.0168. The van der Waals surface area contributed by atoms with Crippen LogP contribution in [0.5, 0.6) is 0 Å². The maximum absolute atomic E-state index is 12.8. The lowest BCUT2D eigenvalue weighted by Gasteiger charge is -2.18. The lowest BCUT2D eigenvalue weighted by Crippen LogP contribution is -2.43. The summed E-state index contributed by atoms with van der Waals surface area (Å²) in [7, 11) is 0. The molecule has 4 atom stereocenters. The van der Waals surface area contributed by atoms with Gasteiger partial charge in [-0.05, 0) is 44.2 Å². The average molecular weight is 448 g/mol. The predicted octanol–water partition coefficient (Wildman–Crippen LogP) is 2.51. The van der Waals surface area contributed by atoms with Crippen molar-refractivity contribution in [3.8, 4) is 11.5 Å². The molecule has 8 heteroatoms. The third kappa shape index (κ3) is 4.05. The zero-order chi connectivity index (χ0) is 22.9. The molecule has 8 nitrogen and oxygen atoms in total. The van der Waals surface area contributed by atoms with Crippen molar-refractivity contribution in [1.29, 1.82) is 0 Å². The number of likely N-dealkylation sites (tertiary alicyclic amines) is 1. The van der Waals surface area contributed by atoms with Crippen molar-refractivity contribution in [2.45, 2.75) is 26.8 Å². The Morgan fingerprint density at radius 2 is 1.82 bits per heavy atom. The van der Waals surface area contributed by atoms with Crippen LogP contribution in [0, 0.1) is 30.6 Å². The zero-order valence-electron chi connectivity index (χ0n) is 19.0. The van der Waals surface area contributed by atoms with Gasteiger partial charge >= 0.3 is 0 Å². The fourth-order valence-corrected chi connectivity index (χ4v) is 5.18. The molecule has 2 aliphatic carbocycles. The van der Waals surface area contributed by atoms with E-state index in [9.17, 15) is 9.59 Å². The highest BCUT2D eigenvalue weighted by molar-refractivity contribution is 6.06. The fourth-order valence-electron chi connectivity index (χ4n) is 5.18. The van der Waals surface area contributed by atoms with Crippen molar-refractivity contribution in [3.63, 3.8) is 0 Å². The van der Waals surface area contributed by atoms with Gasteiger partial charge in [-0.2, -0.15) is 0 Å². The van der Waals surface area contributed by atoms with Crippen LogP contribution >= 0.6 is 0 Å². The number of aromatic nitrogens is 1. The second kappa shape index (κ2) is 8.84. The maximum atomic E-state index is 12.8. The van der Waals surface area contributed by atoms with Crippen LogP contribution in [0.4, 0.5) is 0 Å². The molecule has 1 saturated heterocycles. The molecule has 2 heterocycles. The Morgan fingerprint density at radius 1 is 1.12 bits per heavy atom. The zero-order valence-corrected chi connectivity index (χ0v) is 19.0. The van der Waals surface area contributed by atoms with Gasteiger partial charge in [0.1, 0.15) is 12.0 Å². The topological polar surface area (TPSA) is 99.8 Å². The van der Waals surface area contributed by atoms with Gasteiger partial charge in [0.05, 0.1) is 18.4 Å². The van der Waals surface area contributed by atoms with E-state index in [1.54, 1.807) is 6.26 Å². The molecule has 1 saturated carbocycles. The minimum Gasteiger partial charge on any atom is -0.444 e. The molecule has 5 rings (SSSR count). The molecule has 1 aliphatic heterocycles. The van der Waals surface area contributed by atoms with Crippen molar-refractivity contribution in [1.82, 2.24) is 20.5 Å². The first-order chi connectivity index (χ1) is 16.0. The third-order valence-electron chi connectivity index (χ3n) is 6.78. The van der Waals surface area contributed by atoms with Crippen LogP contribution in [-0.2, 0) is 16.1 Å². The van der Waals surface area contributed by atoms with Crippen LogP contribution in [0.15, 0.2) is 52.1 Å². The highest BCUT2D eigenvalue weighted by Crippen LogP contribution is 2.52. The molecular formula is C25H29N5O3. The van der Waals surface area contributed by atoms with Crippen molar-refractivity contribution in [3.05, 3.63) is 53.9 Å². The van der Waals surface area contributed by atoms with Gasteiger partial charge in [0.15, 0.2) is 5.96 Å². The number of fused-ring (bicyclic) bond motifs is 5. The summed E-state index contributed by atoms with van der Waals surface area (Å²) in [5, 5.41) is 6.42. The minimum atomic E-state index is -0.149. The van der Waals surface area contributed by atoms with Crippen LogP contribution < -0.4 is 10.6 Å². The molecule has 2 aromatic rings. The number of hydrogen-bond acceptors (Lipinski definition) is 5. The number of allylic oxidation sites excluding steroid dienone is 2. The Morgan fingerprint density at radius 3 is 2.48 bits per heavy atom. The van der Waals surface area contributed by atoms with Gasteiger partial charge < -0.3 is 15.1 Å². The van der Waals surface area contributed by atoms with E-state index in [1.165, 1.54) is 10.5 Å². The second-order valence-electron chi connectivity index (χ2n) is 8.96. The molecular weight excluding hydrogens is 418 g/mol. The maximum Gasteiger partial charge on any atom is 0.233 e. The lowest BCUT2D eigenvalue weighted by molar-refractivity contribution is -0.140. The largest absolute Gasteiger partial charge is 0.444 e. The molecule has 0 spiro atoms. The van der Waals surface area contributed by atoms with Gasteiger partial charge in [-0.25, -0.2) is 9.98 Å². The predicted molar refractivity (Wildman–Crippen MR) is 124 cm³/mol. The molecule has 2 amide bonds. The SMILES string of the molecule is CCNC(=NCc1coc(-c2ccc(C)cc2)n1)NCCN1C(=O)C2C3C=CC(C3)C2C1=O. The Labute approximate surface area is 193 Å². The molecule has 2 bridgehead atoms. The summed E-state index contributed by atoms with van der Waals surface area (Å²) in [5.41, 5.74) is 2.83. The number of rotatable bonds is 7. The van der Waals surface area contributed by atoms with Crippen LogP contribution in [0.1, 0.15) is 24.6 Å². The number of aliphatic imine (C=N–C) groups is 1. The van der Waals surface area contributed by atoms with E-state index in [0.717, 1.165) is 17.7 Å². The summed E-state index contributed by atoms with van der Waals surface area (Å²) in [6.45, 7) is 5.86. The van der Waals surface area contributed by atoms with Crippen molar-refractivity contribution >= 4 is 17.8 Å². The number of aryl methyl sites for hydroxylation is 1. The summed E-state index contributed by atoms with van der Waals surface area (Å²) in [6.07, 6.45) is 6.79. The molecule has 4 unspecified atom stereocenters. The number of guanidine groups is 1. The van der Waals surface area contributed by atoms with Crippen LogP contribution in [0.25, 0.3) is 11.5 Å². The smallest absolute Gasteiger partial charge is 0.233 e. The number of hydrogen-bond donors (Lipinski definition) is 2. The molecule has 3 aliphatic rings. The normalized spacial score (nSPS) is 25.8. The van der Waals surface area contributed by atoms with E-state index in [2.05, 4.69) is 32.8 Å². The lowest BCUT2D eigenvalue weighted by atomic mass is 9.85. The summed E-state index contributed by atoms with van der Waals surface area (Å²) < 4.78 is 5.61. The highest BCUT2D eigenvalue weighted by atomic mass is 16.3. The van der Waals surface area contributed by atoms with Crippen LogP contribution in [0.2, 0.25) is 0 Å². The van der Waals surface area contributed by atoms with Crippen molar-refractivity contribution < 1.29 is 14.0 Å². The number of nitrogens with one attached hydrogen (secondary N) is 2. The summed E-state index contributed by atoms with van der Waals surface area (Å²) in [5.74, 6) is 1.32. The van der Waals surface area contributed by atoms with Gasteiger partial charge in [-0.3, -0.25) is 14.5 Å². The average Bonchev–Trinajstić information content (AvgIpc) is 3.59. The first-order valence-corrected chi connectivity index (χ1v) is 11.6. The number of amides is 2. The molecule has 172 valence electrons. The Bertz CT molecular complexity index is 1070. The summed E-state index contributed by atoms with van der Waals surface area (Å²) in [4.78, 5) is 36.2. The Kier molecular flexibility index (Phi) is 5.74. The van der Waals surface area contributed by atoms with E-state index in [0.29, 0.717) is 38.0 Å². The van der Waals surface area contributed by atoms with Gasteiger partial charge in [-0.1, -0.05) is 29.8 Å². The van der Waals surface area contributed by atoms with E-state index in [1.807, 2.05) is 38.1 Å². The highest BCUT2D eigenvalue weighted by Gasteiger charge is 2.58. The number of carbonyl (C=O) groups is 2. The number of oxazole rings is 1. The number of imide groups is 1. The number of carbonyl (C=O) groups excluding carboxylic acids is 2. The molecule has 2 N–H and O–H groups in total. The van der Waals surface area contributed by atoms with E-state index < -0.39 is 0 Å². The standard InChI is InChI=1S/C25H29N5O3/c1-3-26-25(28-13-19-14-33-22(29-19)16-6-4-15(2)5-7-16)27-10-11-30-23(31)20-17-8-9-18(12-17)21(20)24(30)32/h4-9,14,17-18,20-21H,3,10-13H2,1-2H3,(H2,26,27,28). The monoisotopic (exact) mass is 447 g/mol. The Hall–Kier alpha value is -3.42. The number of benzene rings is 1. The van der Waals surface area contributed by atoms with Crippen LogP contribution in [0.3, 0.4) is 0 Å². The first-order valence-electron chi connectivity index (χ1n) is 11.6. The second-order valence-corrected chi connectivity index (χ2v) is 8.96. The molecule has 1 aromatic carbocycles. The Balaban J connectivity index is 1.17. The quantitative estimate of drug-likeness (QED) is 0.293. The van der Waals surface area contributed by atoms with Crippen molar-refractivity contribution in [2.75, 3.05) is 19.6 Å². The first kappa shape index (κ1) is 21.4. The molecule has 2 fully saturated rings. The van der Waals surface area contributed by atoms with Gasteiger partial charge in [0, 0.05) is 25.2 Å². The summed E-state index contributed by atoms with van der Waals surface area (Å²) in [6, 6.07) is 8.01. The molecule has 1 aromatic heterocycles. The fraction of sp³-hybridized carbons (Fsp3) is 0.440. The van der Waals surface area contributed by atoms with Crippen molar-refractivity contribution in [2.24, 2.45) is 28.7 Å². The van der Waals surface area contributed by atoms with E-state index in [-0.39, 0.29) is 35.5 Å². The summed E-state index contributed by atoms with van der Waals surface area (Å²) >= 11 is 0. The van der Waals surface area contributed by atoms with E-state index >= 15 is 0 Å². The molecule has 33 heavy (non-hydrogen) atoms. The van der Waals surface area contributed by atoms with Gasteiger partial charge in [-0.15, -0.1) is 0 Å². The van der Waals surface area contributed by atoms with Gasteiger partial charge in [0.2, 0.25) is 17.7 Å². The van der Waals surface area contributed by atoms with E-state index in [4.69, 9.17) is 4.42 Å². The van der Waals surface area contributed by atoms with Gasteiger partial charge in [0.25, 0.3) is 0 Å². The van der Waals surface area contributed by atoms with Crippen LogP contribution in [-0.4, -0.2) is 47.3 Å². The molecule has 0 radical (unpaired) electrons. The third-order valence-corrected chi connectivity index (χ3v) is 6.78. The number of nitrogens with zero attached hydrogens (tertiary/aromatic N) is 3.